The number of carbonyl (C=O) groups excluding carboxylic acids is 2. The van der Waals surface area contributed by atoms with Gasteiger partial charge in [-0.05, 0) is 68.1 Å². The molecule has 3 aromatic rings. The third kappa shape index (κ3) is 8.33. The fourth-order valence-electron chi connectivity index (χ4n) is 4.22. The van der Waals surface area contributed by atoms with Crippen molar-refractivity contribution in [2.75, 3.05) is 14.2 Å². The molecular weight excluding hydrogens is 483 g/mol. The fraction of sp³-hybridized carbons (Fsp3) is 0.355. The van der Waals surface area contributed by atoms with Gasteiger partial charge in [-0.1, -0.05) is 48.5 Å². The van der Waals surface area contributed by atoms with Gasteiger partial charge in [-0.3, -0.25) is 9.59 Å². The molecule has 0 unspecified atom stereocenters. The lowest BCUT2D eigenvalue weighted by Gasteiger charge is -2.34. The highest BCUT2D eigenvalue weighted by molar-refractivity contribution is 5.88. The van der Waals surface area contributed by atoms with Crippen molar-refractivity contribution >= 4 is 11.8 Å². The van der Waals surface area contributed by atoms with Crippen LogP contribution in [0.4, 0.5) is 4.39 Å². The van der Waals surface area contributed by atoms with E-state index in [1.165, 1.54) is 12.1 Å². The Labute approximate surface area is 224 Å². The van der Waals surface area contributed by atoms with Crippen molar-refractivity contribution < 1.29 is 23.5 Å². The van der Waals surface area contributed by atoms with Crippen LogP contribution < -0.4 is 14.8 Å². The maximum Gasteiger partial charge on any atom is 0.243 e. The minimum Gasteiger partial charge on any atom is -0.493 e. The van der Waals surface area contributed by atoms with E-state index in [4.69, 9.17) is 9.47 Å². The molecule has 0 spiro atoms. The average Bonchev–Trinajstić information content (AvgIpc) is 2.89. The topological polar surface area (TPSA) is 67.9 Å². The molecule has 7 heteroatoms. The molecule has 3 aromatic carbocycles. The maximum atomic E-state index is 13.8. The average molecular weight is 521 g/mol. The smallest absolute Gasteiger partial charge is 0.243 e. The van der Waals surface area contributed by atoms with Crippen molar-refractivity contribution in [3.05, 3.63) is 95.3 Å². The van der Waals surface area contributed by atoms with Gasteiger partial charge in [0.15, 0.2) is 11.5 Å². The highest BCUT2D eigenvalue weighted by Gasteiger charge is 2.32. The normalized spacial score (nSPS) is 11.9. The Bertz CT molecular complexity index is 1210. The third-order valence-electron chi connectivity index (χ3n) is 6.11. The maximum absolute atomic E-state index is 13.8. The Hall–Kier alpha value is -3.87. The predicted molar refractivity (Wildman–Crippen MR) is 147 cm³/mol. The molecule has 38 heavy (non-hydrogen) atoms. The van der Waals surface area contributed by atoms with E-state index in [1.807, 2.05) is 69.3 Å². The summed E-state index contributed by atoms with van der Waals surface area (Å²) in [5.41, 5.74) is 2.12. The summed E-state index contributed by atoms with van der Waals surface area (Å²) in [5.74, 6) is 0.442. The first-order valence-electron chi connectivity index (χ1n) is 12.7. The number of hydrogen-bond acceptors (Lipinski definition) is 4. The van der Waals surface area contributed by atoms with E-state index in [2.05, 4.69) is 5.32 Å². The number of carbonyl (C=O) groups is 2. The molecule has 0 saturated carbocycles. The predicted octanol–water partition coefficient (Wildman–Crippen LogP) is 5.33. The second kappa shape index (κ2) is 13.1. The zero-order valence-electron chi connectivity index (χ0n) is 22.8. The van der Waals surface area contributed by atoms with Gasteiger partial charge >= 0.3 is 0 Å². The van der Waals surface area contributed by atoms with Gasteiger partial charge in [0, 0.05) is 24.9 Å². The molecule has 202 valence electrons. The molecule has 0 aliphatic heterocycles. The summed E-state index contributed by atoms with van der Waals surface area (Å²) in [4.78, 5) is 29.0. The molecule has 0 bridgehead atoms. The molecule has 0 aliphatic carbocycles. The van der Waals surface area contributed by atoms with Crippen LogP contribution in [0.15, 0.2) is 72.8 Å². The van der Waals surface area contributed by atoms with Gasteiger partial charge in [0.05, 0.1) is 14.2 Å². The van der Waals surface area contributed by atoms with E-state index in [9.17, 15) is 14.0 Å². The molecule has 2 amide bonds. The van der Waals surface area contributed by atoms with Crippen molar-refractivity contribution in [1.82, 2.24) is 10.2 Å². The van der Waals surface area contributed by atoms with Crippen molar-refractivity contribution in [2.45, 2.75) is 58.2 Å². The number of amides is 2. The molecular formula is C31H37FN2O4. The van der Waals surface area contributed by atoms with Gasteiger partial charge in [0.2, 0.25) is 11.8 Å². The van der Waals surface area contributed by atoms with Crippen molar-refractivity contribution in [1.29, 1.82) is 0 Å². The van der Waals surface area contributed by atoms with E-state index in [-0.39, 0.29) is 30.6 Å². The van der Waals surface area contributed by atoms with Gasteiger partial charge in [-0.25, -0.2) is 4.39 Å². The van der Waals surface area contributed by atoms with Crippen LogP contribution in [0.25, 0.3) is 0 Å². The van der Waals surface area contributed by atoms with Gasteiger partial charge in [0.1, 0.15) is 11.9 Å². The summed E-state index contributed by atoms with van der Waals surface area (Å²) in [6.07, 6.45) is 0.995. The Morgan fingerprint density at radius 1 is 0.868 bits per heavy atom. The minimum absolute atomic E-state index is 0.172. The van der Waals surface area contributed by atoms with Crippen LogP contribution in [0.2, 0.25) is 0 Å². The van der Waals surface area contributed by atoms with E-state index < -0.39 is 11.6 Å². The van der Waals surface area contributed by atoms with E-state index >= 15 is 0 Å². The number of halogens is 1. The van der Waals surface area contributed by atoms with E-state index in [0.717, 1.165) is 16.7 Å². The third-order valence-corrected chi connectivity index (χ3v) is 6.11. The Kier molecular flexibility index (Phi) is 9.88. The fourth-order valence-corrected chi connectivity index (χ4v) is 4.22. The number of methoxy groups -OCH3 is 2. The molecule has 6 nitrogen and oxygen atoms in total. The summed E-state index contributed by atoms with van der Waals surface area (Å²) in [5, 5.41) is 3.05. The van der Waals surface area contributed by atoms with E-state index in [0.29, 0.717) is 24.3 Å². The second-order valence-electron chi connectivity index (χ2n) is 10.3. The largest absolute Gasteiger partial charge is 0.493 e. The number of hydrogen-bond donors (Lipinski definition) is 1. The standard InChI is InChI=1S/C31H37FN2O4/c1-31(2,3)33-30(36)26(19-22-9-7-6-8-10-22)34(21-24-11-15-25(32)16-12-24)29(35)18-14-23-13-17-27(37-4)28(20-23)38-5/h6-13,15-17,20,26H,14,18-19,21H2,1-5H3,(H,33,36)/t26-/m0/s1. The van der Waals surface area contributed by atoms with Crippen molar-refractivity contribution in [3.8, 4) is 11.5 Å². The highest BCUT2D eigenvalue weighted by atomic mass is 19.1. The number of nitrogens with one attached hydrogen (secondary N) is 1. The van der Waals surface area contributed by atoms with Crippen molar-refractivity contribution in [3.63, 3.8) is 0 Å². The number of benzene rings is 3. The zero-order valence-corrected chi connectivity index (χ0v) is 22.8. The highest BCUT2D eigenvalue weighted by Crippen LogP contribution is 2.28. The summed E-state index contributed by atoms with van der Waals surface area (Å²) in [6.45, 7) is 5.91. The molecule has 0 saturated heterocycles. The first-order valence-corrected chi connectivity index (χ1v) is 12.7. The summed E-state index contributed by atoms with van der Waals surface area (Å²) >= 11 is 0. The molecule has 0 aromatic heterocycles. The summed E-state index contributed by atoms with van der Waals surface area (Å²) in [7, 11) is 3.14. The number of ether oxygens (including phenoxy) is 2. The zero-order chi connectivity index (χ0) is 27.7. The van der Waals surface area contributed by atoms with Crippen LogP contribution in [-0.2, 0) is 29.0 Å². The molecule has 3 rings (SSSR count). The van der Waals surface area contributed by atoms with Crippen LogP contribution in [0.1, 0.15) is 43.9 Å². The Morgan fingerprint density at radius 3 is 2.11 bits per heavy atom. The molecule has 1 atom stereocenters. The first-order chi connectivity index (χ1) is 18.1. The Balaban J connectivity index is 1.92. The minimum atomic E-state index is -0.750. The number of rotatable bonds is 11. The van der Waals surface area contributed by atoms with Gasteiger partial charge in [0.25, 0.3) is 0 Å². The van der Waals surface area contributed by atoms with Crippen LogP contribution >= 0.6 is 0 Å². The van der Waals surface area contributed by atoms with Crippen LogP contribution in [-0.4, -0.2) is 42.5 Å². The van der Waals surface area contributed by atoms with Crippen molar-refractivity contribution in [2.24, 2.45) is 0 Å². The molecule has 0 heterocycles. The first kappa shape index (κ1) is 28.7. The number of nitrogens with zero attached hydrogens (tertiary/aromatic N) is 1. The van der Waals surface area contributed by atoms with Crippen LogP contribution in [0.5, 0.6) is 11.5 Å². The molecule has 0 fully saturated rings. The van der Waals surface area contributed by atoms with E-state index in [1.54, 1.807) is 31.3 Å². The second-order valence-corrected chi connectivity index (χ2v) is 10.3. The lowest BCUT2D eigenvalue weighted by atomic mass is 9.99. The van der Waals surface area contributed by atoms with Gasteiger partial charge in [-0.2, -0.15) is 0 Å². The molecule has 0 aliphatic rings. The van der Waals surface area contributed by atoms with Crippen LogP contribution in [0, 0.1) is 5.82 Å². The number of aryl methyl sites for hydroxylation is 1. The molecule has 1 N–H and O–H groups in total. The van der Waals surface area contributed by atoms with Gasteiger partial charge < -0.3 is 19.7 Å². The lowest BCUT2D eigenvalue weighted by molar-refractivity contribution is -0.141. The quantitative estimate of drug-likeness (QED) is 0.371. The lowest BCUT2D eigenvalue weighted by Crippen LogP contribution is -2.54. The SMILES string of the molecule is COc1ccc(CCC(=O)N(Cc2ccc(F)cc2)[C@@H](Cc2ccccc2)C(=O)NC(C)(C)C)cc1OC. The monoisotopic (exact) mass is 520 g/mol. The summed E-state index contributed by atoms with van der Waals surface area (Å²) in [6, 6.07) is 20.5. The van der Waals surface area contributed by atoms with Gasteiger partial charge in [-0.15, -0.1) is 0 Å². The molecule has 0 radical (unpaired) electrons. The Morgan fingerprint density at radius 2 is 1.50 bits per heavy atom. The summed E-state index contributed by atoms with van der Waals surface area (Å²) < 4.78 is 24.3. The van der Waals surface area contributed by atoms with Crippen LogP contribution in [0.3, 0.4) is 0 Å².